The summed E-state index contributed by atoms with van der Waals surface area (Å²) in [4.78, 5) is 17.7. The molecule has 190 valence electrons. The molecule has 0 spiro atoms. The molecule has 10 heteroatoms. The van der Waals surface area contributed by atoms with Crippen LogP contribution in [0.2, 0.25) is 0 Å². The monoisotopic (exact) mass is 517 g/mol. The number of nitrogens with zero attached hydrogens (tertiary/aromatic N) is 1. The van der Waals surface area contributed by atoms with Crippen LogP contribution < -0.4 is 21.3 Å². The van der Waals surface area contributed by atoms with Crippen LogP contribution in [0, 0.1) is 5.92 Å². The van der Waals surface area contributed by atoms with E-state index in [-0.39, 0.29) is 17.2 Å². The zero-order valence-electron chi connectivity index (χ0n) is 20.3. The number of piperidine rings is 1. The Kier molecular flexibility index (Phi) is 9.42. The quantitative estimate of drug-likeness (QED) is 0.354. The Morgan fingerprint density at radius 3 is 2.74 bits per heavy atom. The molecule has 4 rings (SSSR count). The van der Waals surface area contributed by atoms with E-state index in [9.17, 15) is 9.00 Å². The zero-order chi connectivity index (χ0) is 24.6. The van der Waals surface area contributed by atoms with E-state index in [1.54, 1.807) is 6.08 Å². The van der Waals surface area contributed by atoms with E-state index in [0.717, 1.165) is 44.7 Å². The molecular weight excluding hydrogens is 482 g/mol. The maximum Gasteiger partial charge on any atom is 0.240 e. The summed E-state index contributed by atoms with van der Waals surface area (Å²) >= 11 is -0.104. The first-order valence-electron chi connectivity index (χ1n) is 12.3. The highest BCUT2D eigenvalue weighted by molar-refractivity contribution is 8.14. The number of nitrogens with one attached hydrogen (secondary N) is 4. The van der Waals surface area contributed by atoms with Crippen molar-refractivity contribution in [2.24, 2.45) is 10.9 Å². The highest BCUT2D eigenvalue weighted by atomic mass is 32.2. The van der Waals surface area contributed by atoms with Gasteiger partial charge in [-0.2, -0.15) is 0 Å². The summed E-state index contributed by atoms with van der Waals surface area (Å²) in [6, 6.07) is 7.85. The molecule has 1 amide bonds. The van der Waals surface area contributed by atoms with Crippen molar-refractivity contribution in [1.82, 2.24) is 16.0 Å². The second-order valence-corrected chi connectivity index (χ2v) is 11.5. The molecule has 3 aliphatic rings. The molecule has 1 aliphatic carbocycles. The van der Waals surface area contributed by atoms with Crippen LogP contribution in [0.3, 0.4) is 0 Å². The minimum absolute atomic E-state index is 0.0206. The molecule has 0 bridgehead atoms. The highest BCUT2D eigenvalue weighted by Gasteiger charge is 2.31. The Labute approximate surface area is 214 Å². The number of fused-ring (bicyclic) bond motifs is 1. The van der Waals surface area contributed by atoms with Gasteiger partial charge in [0.1, 0.15) is 5.76 Å². The number of allylic oxidation sites excluding steroid dienone is 1. The third-order valence-corrected chi connectivity index (χ3v) is 8.16. The van der Waals surface area contributed by atoms with Crippen LogP contribution >= 0.6 is 11.8 Å². The van der Waals surface area contributed by atoms with Gasteiger partial charge in [-0.05, 0) is 68.3 Å². The minimum atomic E-state index is -1.61. The van der Waals surface area contributed by atoms with Crippen molar-refractivity contribution in [2.45, 2.75) is 55.3 Å². The lowest BCUT2D eigenvalue weighted by atomic mass is 9.94. The molecule has 1 aromatic carbocycles. The Bertz CT molecular complexity index is 987. The molecule has 3 unspecified atom stereocenters. The van der Waals surface area contributed by atoms with Gasteiger partial charge < -0.3 is 25.5 Å². The van der Waals surface area contributed by atoms with Crippen LogP contribution in [-0.2, 0) is 20.1 Å². The molecule has 1 saturated heterocycles. The Morgan fingerprint density at radius 1 is 1.23 bits per heavy atom. The van der Waals surface area contributed by atoms with Crippen molar-refractivity contribution in [3.8, 4) is 0 Å². The first-order chi connectivity index (χ1) is 17.0. The van der Waals surface area contributed by atoms with Crippen molar-refractivity contribution in [3.05, 3.63) is 48.3 Å². The fourth-order valence-corrected chi connectivity index (χ4v) is 6.00. The maximum absolute atomic E-state index is 12.7. The van der Waals surface area contributed by atoms with Crippen molar-refractivity contribution >= 4 is 39.6 Å². The van der Waals surface area contributed by atoms with Gasteiger partial charge in [-0.25, -0.2) is 4.21 Å². The maximum atomic E-state index is 12.7. The number of anilines is 1. The summed E-state index contributed by atoms with van der Waals surface area (Å²) in [7, 11) is 0. The third kappa shape index (κ3) is 7.93. The van der Waals surface area contributed by atoms with E-state index in [2.05, 4.69) is 40.1 Å². The SMILES string of the molecule is CC(C)NCCNc1ccc(S(=O)OC2=CC3SC(NC(=O)CC4CCNCC4)=NC3C=C2)cc1. The predicted octanol–water partition coefficient (Wildman–Crippen LogP) is 2.94. The van der Waals surface area contributed by atoms with E-state index in [1.807, 2.05) is 36.4 Å². The highest BCUT2D eigenvalue weighted by Crippen LogP contribution is 2.33. The van der Waals surface area contributed by atoms with E-state index in [0.29, 0.717) is 34.2 Å². The predicted molar refractivity (Wildman–Crippen MR) is 144 cm³/mol. The third-order valence-electron chi connectivity index (χ3n) is 6.04. The average Bonchev–Trinajstić information content (AvgIpc) is 3.24. The number of aliphatic imine (C=N–C) groups is 1. The second kappa shape index (κ2) is 12.7. The van der Waals surface area contributed by atoms with Gasteiger partial charge in [0.15, 0.2) is 5.17 Å². The lowest BCUT2D eigenvalue weighted by molar-refractivity contribution is -0.120. The number of amides is 1. The molecule has 35 heavy (non-hydrogen) atoms. The Hall–Kier alpha value is -2.14. The number of carbonyl (C=O) groups is 1. The number of rotatable bonds is 10. The lowest BCUT2D eigenvalue weighted by Crippen LogP contribution is -2.33. The summed E-state index contributed by atoms with van der Waals surface area (Å²) in [5, 5.41) is 13.7. The smallest absolute Gasteiger partial charge is 0.240 e. The molecule has 1 fully saturated rings. The fraction of sp³-hybridized carbons (Fsp3) is 0.520. The largest absolute Gasteiger partial charge is 0.397 e. The summed E-state index contributed by atoms with van der Waals surface area (Å²) in [6.07, 6.45) is 8.29. The van der Waals surface area contributed by atoms with Gasteiger partial charge in [0.05, 0.1) is 16.2 Å². The topological polar surface area (TPSA) is 104 Å². The van der Waals surface area contributed by atoms with E-state index >= 15 is 0 Å². The van der Waals surface area contributed by atoms with E-state index in [4.69, 9.17) is 4.18 Å². The van der Waals surface area contributed by atoms with Crippen molar-refractivity contribution in [1.29, 1.82) is 0 Å². The molecule has 2 aliphatic heterocycles. The van der Waals surface area contributed by atoms with Gasteiger partial charge in [-0.3, -0.25) is 9.79 Å². The van der Waals surface area contributed by atoms with Gasteiger partial charge in [0, 0.05) is 31.2 Å². The molecule has 0 aromatic heterocycles. The van der Waals surface area contributed by atoms with Crippen LogP contribution in [0.4, 0.5) is 5.69 Å². The molecule has 0 saturated carbocycles. The van der Waals surface area contributed by atoms with Crippen molar-refractivity contribution in [3.63, 3.8) is 0 Å². The van der Waals surface area contributed by atoms with Crippen molar-refractivity contribution < 1.29 is 13.2 Å². The molecular formula is C25H35N5O3S2. The van der Waals surface area contributed by atoms with Gasteiger partial charge in [0.25, 0.3) is 0 Å². The molecule has 4 N–H and O–H groups in total. The first kappa shape index (κ1) is 25.9. The van der Waals surface area contributed by atoms with Crippen molar-refractivity contribution in [2.75, 3.05) is 31.5 Å². The molecule has 2 heterocycles. The Morgan fingerprint density at radius 2 is 2.00 bits per heavy atom. The summed E-state index contributed by atoms with van der Waals surface area (Å²) < 4.78 is 18.5. The molecule has 0 radical (unpaired) electrons. The van der Waals surface area contributed by atoms with Crippen LogP contribution in [0.25, 0.3) is 0 Å². The minimum Gasteiger partial charge on any atom is -0.397 e. The van der Waals surface area contributed by atoms with Gasteiger partial charge >= 0.3 is 0 Å². The number of hydrogen-bond donors (Lipinski definition) is 4. The van der Waals surface area contributed by atoms with Gasteiger partial charge in [0.2, 0.25) is 17.0 Å². The number of hydrogen-bond acceptors (Lipinski definition) is 8. The molecule has 8 nitrogen and oxygen atoms in total. The molecule has 3 atom stereocenters. The fourth-order valence-electron chi connectivity index (χ4n) is 4.16. The summed E-state index contributed by atoms with van der Waals surface area (Å²) in [5.74, 6) is 1.02. The Balaban J connectivity index is 1.23. The summed E-state index contributed by atoms with van der Waals surface area (Å²) in [6.45, 7) is 7.89. The molecule has 1 aromatic rings. The second-order valence-electron chi connectivity index (χ2n) is 9.26. The number of carbonyl (C=O) groups excluding carboxylic acids is 1. The standard InChI is InChI=1S/C25H35N5O3S2/c1-17(2)27-13-14-28-19-3-6-21(7-4-19)35(32)33-20-5-8-22-23(16-20)34-25(29-22)30-24(31)15-18-9-11-26-12-10-18/h3-8,16-18,22-23,26-28H,9-15H2,1-2H3,(H,29,30,31). The average molecular weight is 518 g/mol. The zero-order valence-corrected chi connectivity index (χ0v) is 21.9. The van der Waals surface area contributed by atoms with E-state index < -0.39 is 11.1 Å². The van der Waals surface area contributed by atoms with Gasteiger partial charge in [-0.15, -0.1) is 0 Å². The van der Waals surface area contributed by atoms with Gasteiger partial charge in [-0.1, -0.05) is 31.7 Å². The summed E-state index contributed by atoms with van der Waals surface area (Å²) in [5.41, 5.74) is 0.977. The number of benzene rings is 1. The lowest BCUT2D eigenvalue weighted by Gasteiger charge is -2.21. The van der Waals surface area contributed by atoms with Crippen LogP contribution in [0.1, 0.15) is 33.1 Å². The van der Waals surface area contributed by atoms with E-state index in [1.165, 1.54) is 11.8 Å². The first-order valence-corrected chi connectivity index (χ1v) is 14.2. The number of thioether (sulfide) groups is 1. The number of amidine groups is 1. The normalized spacial score (nSPS) is 22.8. The van der Waals surface area contributed by atoms with Crippen LogP contribution in [-0.4, -0.2) is 58.8 Å². The van der Waals surface area contributed by atoms with Crippen LogP contribution in [0.5, 0.6) is 0 Å². The van der Waals surface area contributed by atoms with Crippen LogP contribution in [0.15, 0.2) is 58.1 Å².